The number of halogens is 2. The second-order valence-corrected chi connectivity index (χ2v) is 11.6. The van der Waals surface area contributed by atoms with E-state index in [1.165, 1.54) is 6.07 Å². The largest absolute Gasteiger partial charge is 0.480 e. The molecule has 0 radical (unpaired) electrons. The Balaban J connectivity index is 1.11. The predicted molar refractivity (Wildman–Crippen MR) is 164 cm³/mol. The van der Waals surface area contributed by atoms with Gasteiger partial charge in [0.05, 0.1) is 45.6 Å². The van der Waals surface area contributed by atoms with Crippen molar-refractivity contribution in [2.45, 2.75) is 37.9 Å². The number of carbonyl (C=O) groups is 4. The summed E-state index contributed by atoms with van der Waals surface area (Å²) in [6.07, 6.45) is 3.56. The zero-order valence-electron chi connectivity index (χ0n) is 23.3. The number of hydrogen-bond donors (Lipinski definition) is 5. The van der Waals surface area contributed by atoms with Crippen LogP contribution in [0.2, 0.25) is 10.0 Å². The number of fused-ring (bicyclic) bond motifs is 3. The van der Waals surface area contributed by atoms with Crippen LogP contribution in [0.25, 0.3) is 11.0 Å². The highest BCUT2D eigenvalue weighted by atomic mass is 35.5. The number of carboxylic acids is 1. The third kappa shape index (κ3) is 5.80. The van der Waals surface area contributed by atoms with Crippen LogP contribution in [0.4, 0.5) is 4.79 Å². The zero-order chi connectivity index (χ0) is 31.0. The minimum atomic E-state index is -1.46. The highest BCUT2D eigenvalue weighted by Crippen LogP contribution is 2.35. The molecule has 4 amide bonds. The number of aliphatic carboxylic acids is 1. The minimum absolute atomic E-state index is 0.00776. The summed E-state index contributed by atoms with van der Waals surface area (Å²) < 4.78 is 0. The molecular weight excluding hydrogens is 607 g/mol. The fourth-order valence-corrected chi connectivity index (χ4v) is 6.54. The van der Waals surface area contributed by atoms with Gasteiger partial charge in [-0.05, 0) is 59.7 Å². The number of rotatable bonds is 8. The van der Waals surface area contributed by atoms with E-state index in [2.05, 4.69) is 25.9 Å². The van der Waals surface area contributed by atoms with Crippen molar-refractivity contribution < 1.29 is 24.3 Å². The van der Waals surface area contributed by atoms with Crippen LogP contribution in [0.1, 0.15) is 55.4 Å². The van der Waals surface area contributed by atoms with E-state index >= 15 is 0 Å². The third-order valence-electron chi connectivity index (χ3n) is 8.06. The average molecular weight is 636 g/mol. The van der Waals surface area contributed by atoms with E-state index in [9.17, 15) is 24.3 Å². The smallest absolute Gasteiger partial charge is 0.328 e. The first-order chi connectivity index (χ1) is 21.2. The number of benzene rings is 3. The van der Waals surface area contributed by atoms with Crippen molar-refractivity contribution in [3.05, 3.63) is 98.3 Å². The standard InChI is InChI=1S/C31H28Cl2N6O5/c32-21-12-20-19(9-10-39(29(20)41)14-16-5-7-23-24(11-16)36-15-35-23)27(33)26(21)28(40)37-25(30(42)43)13-34-31(44)38-22-8-6-17-3-1-2-4-18(17)22/h1-5,7,11-12,15,22,25H,6,8-10,13-14H2,(H,35,36)(H,37,40)(H,42,43)(H2,34,38,44). The van der Waals surface area contributed by atoms with Gasteiger partial charge < -0.3 is 30.9 Å². The molecule has 1 aromatic heterocycles. The number of imidazole rings is 1. The Morgan fingerprint density at radius 3 is 2.75 bits per heavy atom. The number of H-pyrrole nitrogens is 1. The molecular formula is C31H28Cl2N6O5. The molecule has 5 N–H and O–H groups in total. The van der Waals surface area contributed by atoms with Crippen LogP contribution in [0.3, 0.4) is 0 Å². The molecule has 0 saturated carbocycles. The van der Waals surface area contributed by atoms with Gasteiger partial charge in [0.25, 0.3) is 11.8 Å². The highest BCUT2D eigenvalue weighted by molar-refractivity contribution is 6.41. The summed E-state index contributed by atoms with van der Waals surface area (Å²) in [6.45, 7) is 0.343. The van der Waals surface area contributed by atoms with Gasteiger partial charge in [0.15, 0.2) is 0 Å². The summed E-state index contributed by atoms with van der Waals surface area (Å²) in [4.78, 5) is 60.1. The summed E-state index contributed by atoms with van der Waals surface area (Å²) >= 11 is 13.1. The van der Waals surface area contributed by atoms with Crippen molar-refractivity contribution in [2.24, 2.45) is 0 Å². The SMILES string of the molecule is O=C(NCC(NC(=O)c1c(Cl)cc2c(c1Cl)CCN(Cc1ccc3nc[nH]c3c1)C2=O)C(=O)O)NC1CCc2ccccc21. The molecule has 2 atom stereocenters. The molecule has 2 unspecified atom stereocenters. The van der Waals surface area contributed by atoms with Gasteiger partial charge in [-0.3, -0.25) is 9.59 Å². The lowest BCUT2D eigenvalue weighted by Crippen LogP contribution is -2.50. The summed E-state index contributed by atoms with van der Waals surface area (Å²) in [5, 5.41) is 17.4. The second-order valence-electron chi connectivity index (χ2n) is 10.8. The van der Waals surface area contributed by atoms with E-state index in [0.29, 0.717) is 25.1 Å². The molecule has 0 fully saturated rings. The van der Waals surface area contributed by atoms with E-state index in [1.54, 1.807) is 11.2 Å². The van der Waals surface area contributed by atoms with E-state index in [1.807, 2.05) is 42.5 Å². The lowest BCUT2D eigenvalue weighted by Gasteiger charge is -2.30. The number of nitrogens with zero attached hydrogens (tertiary/aromatic N) is 2. The first kappa shape index (κ1) is 29.5. The van der Waals surface area contributed by atoms with Crippen molar-refractivity contribution in [3.63, 3.8) is 0 Å². The fourth-order valence-electron chi connectivity index (χ4n) is 5.82. The van der Waals surface area contributed by atoms with Gasteiger partial charge >= 0.3 is 12.0 Å². The predicted octanol–water partition coefficient (Wildman–Crippen LogP) is 4.24. The Labute approximate surface area is 261 Å². The van der Waals surface area contributed by atoms with Gasteiger partial charge in [0, 0.05) is 18.7 Å². The van der Waals surface area contributed by atoms with E-state index in [0.717, 1.165) is 40.6 Å². The topological polar surface area (TPSA) is 157 Å². The van der Waals surface area contributed by atoms with E-state index < -0.39 is 23.9 Å². The molecule has 226 valence electrons. The summed E-state index contributed by atoms with van der Waals surface area (Å²) in [6, 6.07) is 12.7. The molecule has 0 bridgehead atoms. The molecule has 2 aliphatic rings. The van der Waals surface area contributed by atoms with Gasteiger partial charge in [-0.25, -0.2) is 14.6 Å². The van der Waals surface area contributed by atoms with Crippen LogP contribution in [0.15, 0.2) is 54.9 Å². The average Bonchev–Trinajstić information content (AvgIpc) is 3.63. The highest BCUT2D eigenvalue weighted by Gasteiger charge is 2.32. The molecule has 11 nitrogen and oxygen atoms in total. The molecule has 0 spiro atoms. The van der Waals surface area contributed by atoms with Gasteiger partial charge in [-0.2, -0.15) is 0 Å². The zero-order valence-corrected chi connectivity index (χ0v) is 24.8. The van der Waals surface area contributed by atoms with Crippen LogP contribution in [0, 0.1) is 0 Å². The lowest BCUT2D eigenvalue weighted by atomic mass is 9.95. The van der Waals surface area contributed by atoms with Crippen LogP contribution < -0.4 is 16.0 Å². The number of hydrogen-bond acceptors (Lipinski definition) is 5. The molecule has 44 heavy (non-hydrogen) atoms. The number of nitrogens with one attached hydrogen (secondary N) is 4. The van der Waals surface area contributed by atoms with E-state index in [4.69, 9.17) is 23.2 Å². The minimum Gasteiger partial charge on any atom is -0.480 e. The molecule has 4 aromatic rings. The molecule has 3 aromatic carbocycles. The molecule has 0 saturated heterocycles. The monoisotopic (exact) mass is 634 g/mol. The first-order valence-corrected chi connectivity index (χ1v) is 14.8. The Hall–Kier alpha value is -4.61. The van der Waals surface area contributed by atoms with Crippen LogP contribution >= 0.6 is 23.2 Å². The third-order valence-corrected chi connectivity index (χ3v) is 8.78. The normalized spacial score (nSPS) is 16.3. The number of aromatic amines is 1. The van der Waals surface area contributed by atoms with Crippen molar-refractivity contribution >= 4 is 58.1 Å². The first-order valence-electron chi connectivity index (χ1n) is 14.1. The van der Waals surface area contributed by atoms with Crippen molar-refractivity contribution in [1.29, 1.82) is 0 Å². The number of amides is 4. The lowest BCUT2D eigenvalue weighted by molar-refractivity contribution is -0.139. The second kappa shape index (κ2) is 12.2. The summed E-state index contributed by atoms with van der Waals surface area (Å²) in [5.41, 5.74) is 5.42. The summed E-state index contributed by atoms with van der Waals surface area (Å²) in [5.74, 6) is -2.46. The fraction of sp³-hybridized carbons (Fsp3) is 0.258. The number of carbonyl (C=O) groups excluding carboxylic acids is 3. The van der Waals surface area contributed by atoms with Crippen molar-refractivity contribution in [1.82, 2.24) is 30.8 Å². The van der Waals surface area contributed by atoms with Gasteiger partial charge in [-0.1, -0.05) is 53.5 Å². The van der Waals surface area contributed by atoms with Crippen molar-refractivity contribution in [2.75, 3.05) is 13.1 Å². The molecule has 13 heteroatoms. The Morgan fingerprint density at radius 2 is 1.93 bits per heavy atom. The number of aryl methyl sites for hydroxylation is 1. The van der Waals surface area contributed by atoms with E-state index in [-0.39, 0.29) is 39.7 Å². The Kier molecular flexibility index (Phi) is 8.15. The van der Waals surface area contributed by atoms with Crippen LogP contribution in [-0.4, -0.2) is 62.9 Å². The molecule has 2 heterocycles. The number of urea groups is 1. The van der Waals surface area contributed by atoms with Gasteiger partial charge in [-0.15, -0.1) is 0 Å². The quantitative estimate of drug-likeness (QED) is 0.195. The molecule has 1 aliphatic heterocycles. The van der Waals surface area contributed by atoms with Gasteiger partial charge in [0.2, 0.25) is 0 Å². The maximum Gasteiger partial charge on any atom is 0.328 e. The van der Waals surface area contributed by atoms with Gasteiger partial charge in [0.1, 0.15) is 6.04 Å². The van der Waals surface area contributed by atoms with Crippen LogP contribution in [-0.2, 0) is 24.2 Å². The summed E-state index contributed by atoms with van der Waals surface area (Å²) in [7, 11) is 0. The molecule has 6 rings (SSSR count). The Morgan fingerprint density at radius 1 is 1.11 bits per heavy atom. The number of aromatic nitrogens is 2. The van der Waals surface area contributed by atoms with Crippen LogP contribution in [0.5, 0.6) is 0 Å². The maximum atomic E-state index is 13.4. The Bertz CT molecular complexity index is 1810. The maximum absolute atomic E-state index is 13.4. The van der Waals surface area contributed by atoms with Crippen molar-refractivity contribution in [3.8, 4) is 0 Å². The number of carboxylic acid groups (broad SMARTS) is 1. The molecule has 1 aliphatic carbocycles.